The Bertz CT molecular complexity index is 482. The van der Waals surface area contributed by atoms with Crippen LogP contribution in [0.2, 0.25) is 0 Å². The average Bonchev–Trinajstić information content (AvgIpc) is 2.44. The number of carbonyl (C=O) groups is 1. The molecule has 0 bridgehead atoms. The molecule has 1 atom stereocenters. The molecule has 4 nitrogen and oxygen atoms in total. The van der Waals surface area contributed by atoms with Crippen molar-refractivity contribution in [2.24, 2.45) is 0 Å². The van der Waals surface area contributed by atoms with Gasteiger partial charge in [-0.25, -0.2) is 0 Å². The molecule has 20 heavy (non-hydrogen) atoms. The molecule has 0 saturated carbocycles. The van der Waals surface area contributed by atoms with E-state index in [2.05, 4.69) is 4.90 Å². The van der Waals surface area contributed by atoms with E-state index < -0.39 is 11.6 Å². The van der Waals surface area contributed by atoms with Crippen LogP contribution in [0.3, 0.4) is 0 Å². The van der Waals surface area contributed by atoms with Crippen molar-refractivity contribution in [3.63, 3.8) is 0 Å². The van der Waals surface area contributed by atoms with Gasteiger partial charge in [0.05, 0.1) is 6.10 Å². The first-order chi connectivity index (χ1) is 9.37. The molecule has 0 unspecified atom stereocenters. The predicted molar refractivity (Wildman–Crippen MR) is 80.8 cm³/mol. The van der Waals surface area contributed by atoms with E-state index in [4.69, 9.17) is 0 Å². The number of anilines is 1. The van der Waals surface area contributed by atoms with Crippen LogP contribution in [0.1, 0.15) is 38.9 Å². The normalized spacial score (nSPS) is 20.1. The minimum Gasteiger partial charge on any atom is -0.388 e. The lowest BCUT2D eigenvalue weighted by Gasteiger charge is -2.46. The third-order valence-corrected chi connectivity index (χ3v) is 4.18. The summed E-state index contributed by atoms with van der Waals surface area (Å²) in [6, 6.07) is 7.88. The van der Waals surface area contributed by atoms with Crippen LogP contribution in [0.15, 0.2) is 24.3 Å². The molecule has 4 heteroatoms. The van der Waals surface area contributed by atoms with E-state index >= 15 is 0 Å². The first-order valence-corrected chi connectivity index (χ1v) is 7.19. The van der Waals surface area contributed by atoms with Gasteiger partial charge in [0.15, 0.2) is 0 Å². The Labute approximate surface area is 121 Å². The number of likely N-dealkylation sites (N-methyl/N-ethyl adjacent to an activating group) is 1. The minimum atomic E-state index is -0.530. The SMILES string of the molecule is CC[C@H](O)c1ccc(N2CCN(C)C(=O)C2(C)C)cc1. The molecule has 1 aliphatic heterocycles. The van der Waals surface area contributed by atoms with Gasteiger partial charge >= 0.3 is 0 Å². The summed E-state index contributed by atoms with van der Waals surface area (Å²) in [5.74, 6) is 0.140. The fraction of sp³-hybridized carbons (Fsp3) is 0.562. The summed E-state index contributed by atoms with van der Waals surface area (Å²) in [6.45, 7) is 7.44. The van der Waals surface area contributed by atoms with Gasteiger partial charge in [-0.1, -0.05) is 19.1 Å². The Morgan fingerprint density at radius 1 is 1.25 bits per heavy atom. The number of hydrogen-bond acceptors (Lipinski definition) is 3. The maximum absolute atomic E-state index is 12.3. The van der Waals surface area contributed by atoms with Gasteiger partial charge in [0, 0.05) is 25.8 Å². The molecular formula is C16H24N2O2. The van der Waals surface area contributed by atoms with Crippen LogP contribution in [-0.4, -0.2) is 41.6 Å². The van der Waals surface area contributed by atoms with Crippen molar-refractivity contribution in [3.05, 3.63) is 29.8 Å². The summed E-state index contributed by atoms with van der Waals surface area (Å²) >= 11 is 0. The summed E-state index contributed by atoms with van der Waals surface area (Å²) in [5.41, 5.74) is 1.43. The largest absolute Gasteiger partial charge is 0.388 e. The zero-order valence-corrected chi connectivity index (χ0v) is 12.8. The van der Waals surface area contributed by atoms with Gasteiger partial charge < -0.3 is 14.9 Å². The monoisotopic (exact) mass is 276 g/mol. The number of amides is 1. The third-order valence-electron chi connectivity index (χ3n) is 4.18. The van der Waals surface area contributed by atoms with Crippen LogP contribution in [0.4, 0.5) is 5.69 Å². The van der Waals surface area contributed by atoms with Crippen LogP contribution in [-0.2, 0) is 4.79 Å². The molecule has 1 aromatic carbocycles. The lowest BCUT2D eigenvalue weighted by atomic mass is 9.96. The second-order valence-corrected chi connectivity index (χ2v) is 5.95. The van der Waals surface area contributed by atoms with Gasteiger partial charge in [-0.3, -0.25) is 4.79 Å². The highest BCUT2D eigenvalue weighted by atomic mass is 16.3. The number of nitrogens with zero attached hydrogens (tertiary/aromatic N) is 2. The summed E-state index contributed by atoms with van der Waals surface area (Å²) in [6.07, 6.45) is 0.295. The molecule has 0 aromatic heterocycles. The summed E-state index contributed by atoms with van der Waals surface area (Å²) in [5, 5.41) is 9.84. The van der Waals surface area contributed by atoms with Gasteiger partial charge in [-0.2, -0.15) is 0 Å². The number of carbonyl (C=O) groups excluding carboxylic acids is 1. The van der Waals surface area contributed by atoms with E-state index in [-0.39, 0.29) is 5.91 Å². The van der Waals surface area contributed by atoms with Gasteiger partial charge in [-0.05, 0) is 38.0 Å². The molecule has 0 aliphatic carbocycles. The predicted octanol–water partition coefficient (Wildman–Crippen LogP) is 2.19. The van der Waals surface area contributed by atoms with Gasteiger partial charge in [-0.15, -0.1) is 0 Å². The fourth-order valence-electron chi connectivity index (χ4n) is 2.78. The van der Waals surface area contributed by atoms with Gasteiger partial charge in [0.1, 0.15) is 5.54 Å². The Hall–Kier alpha value is -1.55. The first kappa shape index (κ1) is 14.9. The summed E-state index contributed by atoms with van der Waals surface area (Å²) < 4.78 is 0. The lowest BCUT2D eigenvalue weighted by molar-refractivity contribution is -0.136. The van der Waals surface area contributed by atoms with Crippen LogP contribution in [0, 0.1) is 0 Å². The second kappa shape index (κ2) is 5.44. The molecular weight excluding hydrogens is 252 g/mol. The lowest BCUT2D eigenvalue weighted by Crippen LogP contribution is -2.62. The minimum absolute atomic E-state index is 0.140. The van der Waals surface area contributed by atoms with Crippen LogP contribution in [0.5, 0.6) is 0 Å². The van der Waals surface area contributed by atoms with Crippen molar-refractivity contribution in [2.75, 3.05) is 25.0 Å². The average molecular weight is 276 g/mol. The zero-order chi connectivity index (χ0) is 14.9. The molecule has 1 aliphatic rings. The van der Waals surface area contributed by atoms with E-state index in [0.29, 0.717) is 6.42 Å². The maximum atomic E-state index is 12.3. The number of hydrogen-bond donors (Lipinski definition) is 1. The molecule has 0 radical (unpaired) electrons. The number of aliphatic hydroxyl groups is 1. The van der Waals surface area contributed by atoms with Crippen molar-refractivity contribution in [3.8, 4) is 0 Å². The fourth-order valence-corrected chi connectivity index (χ4v) is 2.78. The quantitative estimate of drug-likeness (QED) is 0.920. The summed E-state index contributed by atoms with van der Waals surface area (Å²) in [4.78, 5) is 16.2. The highest BCUT2D eigenvalue weighted by Gasteiger charge is 2.40. The topological polar surface area (TPSA) is 43.8 Å². The molecule has 1 saturated heterocycles. The van der Waals surface area contributed by atoms with E-state index in [1.807, 2.05) is 52.1 Å². The molecule has 2 rings (SSSR count). The zero-order valence-electron chi connectivity index (χ0n) is 12.8. The molecule has 1 heterocycles. The maximum Gasteiger partial charge on any atom is 0.247 e. The van der Waals surface area contributed by atoms with Gasteiger partial charge in [0.2, 0.25) is 5.91 Å². The van der Waals surface area contributed by atoms with Crippen LogP contribution >= 0.6 is 0 Å². The number of benzene rings is 1. The molecule has 1 aromatic rings. The first-order valence-electron chi connectivity index (χ1n) is 7.19. The number of rotatable bonds is 3. The van der Waals surface area contributed by atoms with Crippen molar-refractivity contribution in [1.82, 2.24) is 4.90 Å². The van der Waals surface area contributed by atoms with E-state index in [1.54, 1.807) is 4.90 Å². The Morgan fingerprint density at radius 3 is 2.40 bits per heavy atom. The molecule has 1 amide bonds. The Balaban J connectivity index is 2.25. The van der Waals surface area contributed by atoms with E-state index in [9.17, 15) is 9.90 Å². The van der Waals surface area contributed by atoms with Crippen molar-refractivity contribution in [2.45, 2.75) is 38.8 Å². The molecule has 110 valence electrons. The smallest absolute Gasteiger partial charge is 0.247 e. The van der Waals surface area contributed by atoms with Gasteiger partial charge in [0.25, 0.3) is 0 Å². The summed E-state index contributed by atoms with van der Waals surface area (Å²) in [7, 11) is 1.85. The molecule has 0 spiro atoms. The third kappa shape index (κ3) is 2.52. The highest BCUT2D eigenvalue weighted by Crippen LogP contribution is 2.29. The Morgan fingerprint density at radius 2 is 1.85 bits per heavy atom. The standard InChI is InChI=1S/C16H24N2O2/c1-5-14(19)12-6-8-13(9-7-12)18-11-10-17(4)15(20)16(18,2)3/h6-9,14,19H,5,10-11H2,1-4H3/t14-/m0/s1. The Kier molecular flexibility index (Phi) is 4.04. The second-order valence-electron chi connectivity index (χ2n) is 5.95. The van der Waals surface area contributed by atoms with E-state index in [0.717, 1.165) is 24.3 Å². The molecule has 1 N–H and O–H groups in total. The van der Waals surface area contributed by atoms with E-state index in [1.165, 1.54) is 0 Å². The number of piperazine rings is 1. The van der Waals surface area contributed by atoms with Crippen LogP contribution < -0.4 is 4.90 Å². The van der Waals surface area contributed by atoms with Crippen molar-refractivity contribution < 1.29 is 9.90 Å². The van der Waals surface area contributed by atoms with Crippen molar-refractivity contribution in [1.29, 1.82) is 0 Å². The van der Waals surface area contributed by atoms with Crippen LogP contribution in [0.25, 0.3) is 0 Å². The number of aliphatic hydroxyl groups excluding tert-OH is 1. The van der Waals surface area contributed by atoms with Crippen molar-refractivity contribution >= 4 is 11.6 Å². The molecule has 1 fully saturated rings. The highest BCUT2D eigenvalue weighted by molar-refractivity contribution is 5.90.